The van der Waals surface area contributed by atoms with E-state index in [1.54, 1.807) is 31.4 Å². The third-order valence-corrected chi connectivity index (χ3v) is 3.31. The highest BCUT2D eigenvalue weighted by molar-refractivity contribution is 5.80. The summed E-state index contributed by atoms with van der Waals surface area (Å²) in [6.07, 6.45) is 0. The van der Waals surface area contributed by atoms with Crippen LogP contribution in [0.15, 0.2) is 24.3 Å². The van der Waals surface area contributed by atoms with Crippen molar-refractivity contribution in [1.82, 2.24) is 9.78 Å². The van der Waals surface area contributed by atoms with Crippen LogP contribution in [0, 0.1) is 20.8 Å². The number of aromatic nitrogens is 2. The van der Waals surface area contributed by atoms with Crippen LogP contribution in [0.1, 0.15) is 21.7 Å². The summed E-state index contributed by atoms with van der Waals surface area (Å²) in [4.78, 5) is 12.1. The van der Waals surface area contributed by atoms with E-state index in [4.69, 9.17) is 9.47 Å². The number of rotatable bonds is 4. The zero-order valence-electron chi connectivity index (χ0n) is 12.1. The number of ether oxygens (including phenoxy) is 2. The van der Waals surface area contributed by atoms with Crippen molar-refractivity contribution >= 4 is 5.91 Å². The maximum absolute atomic E-state index is 12.1. The molecule has 0 aliphatic rings. The molecule has 20 heavy (non-hydrogen) atoms. The molecule has 0 aliphatic carbocycles. The molecule has 0 bridgehead atoms. The van der Waals surface area contributed by atoms with E-state index in [2.05, 4.69) is 5.10 Å². The monoisotopic (exact) mass is 274 g/mol. The van der Waals surface area contributed by atoms with Gasteiger partial charge in [0, 0.05) is 5.69 Å². The van der Waals surface area contributed by atoms with E-state index in [0.717, 1.165) is 22.7 Å². The lowest BCUT2D eigenvalue weighted by Gasteiger charge is -2.07. The molecule has 2 aromatic rings. The van der Waals surface area contributed by atoms with Crippen LogP contribution >= 0.6 is 0 Å². The topological polar surface area (TPSA) is 53.4 Å². The zero-order valence-corrected chi connectivity index (χ0v) is 12.1. The fraction of sp³-hybridized carbons (Fsp3) is 0.333. The molecule has 0 aliphatic heterocycles. The Morgan fingerprint density at radius 2 is 1.75 bits per heavy atom. The Labute approximate surface area is 118 Å². The van der Waals surface area contributed by atoms with Gasteiger partial charge in [0.1, 0.15) is 11.5 Å². The Morgan fingerprint density at radius 1 is 1.15 bits per heavy atom. The predicted octanol–water partition coefficient (Wildman–Crippen LogP) is 2.54. The second-order valence-corrected chi connectivity index (χ2v) is 4.57. The average molecular weight is 274 g/mol. The van der Waals surface area contributed by atoms with Gasteiger partial charge in [-0.3, -0.25) is 4.79 Å². The molecule has 0 fully saturated rings. The van der Waals surface area contributed by atoms with Crippen molar-refractivity contribution in [2.45, 2.75) is 20.8 Å². The molecule has 0 spiro atoms. The van der Waals surface area contributed by atoms with Gasteiger partial charge in [0.25, 0.3) is 5.91 Å². The molecule has 1 heterocycles. The average Bonchev–Trinajstić information content (AvgIpc) is 2.73. The van der Waals surface area contributed by atoms with Gasteiger partial charge in [-0.1, -0.05) is 0 Å². The van der Waals surface area contributed by atoms with E-state index in [1.165, 1.54) is 4.68 Å². The summed E-state index contributed by atoms with van der Waals surface area (Å²) in [7, 11) is 1.60. The first-order chi connectivity index (χ1) is 9.52. The number of carbonyl (C=O) groups is 1. The normalized spacial score (nSPS) is 10.4. The standard InChI is InChI=1S/C15H18N2O3/c1-10-11(2)16-17(12(10)3)15(18)9-20-14-7-5-13(19-4)6-8-14/h5-8H,9H2,1-4H3. The summed E-state index contributed by atoms with van der Waals surface area (Å²) >= 11 is 0. The highest BCUT2D eigenvalue weighted by Crippen LogP contribution is 2.17. The van der Waals surface area contributed by atoms with Crippen molar-refractivity contribution in [3.63, 3.8) is 0 Å². The lowest BCUT2D eigenvalue weighted by molar-refractivity contribution is 0.0818. The van der Waals surface area contributed by atoms with Crippen LogP contribution in [0.5, 0.6) is 11.5 Å². The molecule has 0 N–H and O–H groups in total. The maximum Gasteiger partial charge on any atom is 0.284 e. The molecule has 106 valence electrons. The lowest BCUT2D eigenvalue weighted by atomic mass is 10.2. The summed E-state index contributed by atoms with van der Waals surface area (Å²) < 4.78 is 11.9. The molecule has 0 amide bonds. The summed E-state index contributed by atoms with van der Waals surface area (Å²) in [6, 6.07) is 7.09. The Balaban J connectivity index is 2.02. The van der Waals surface area contributed by atoms with Crippen LogP contribution in [-0.4, -0.2) is 29.4 Å². The third kappa shape index (κ3) is 2.82. The number of hydrogen-bond donors (Lipinski definition) is 0. The second kappa shape index (κ2) is 5.77. The number of aryl methyl sites for hydroxylation is 1. The van der Waals surface area contributed by atoms with Crippen molar-refractivity contribution in [3.8, 4) is 11.5 Å². The first-order valence-electron chi connectivity index (χ1n) is 6.36. The molecule has 0 unspecified atom stereocenters. The smallest absolute Gasteiger partial charge is 0.284 e. The molecular weight excluding hydrogens is 256 g/mol. The minimum atomic E-state index is -0.186. The van der Waals surface area contributed by atoms with Gasteiger partial charge in [0.15, 0.2) is 6.61 Å². The van der Waals surface area contributed by atoms with Crippen LogP contribution in [0.25, 0.3) is 0 Å². The number of methoxy groups -OCH3 is 1. The predicted molar refractivity (Wildman–Crippen MR) is 75.6 cm³/mol. The Morgan fingerprint density at radius 3 is 2.25 bits per heavy atom. The van der Waals surface area contributed by atoms with Crippen LogP contribution in [0.4, 0.5) is 0 Å². The molecule has 0 atom stereocenters. The molecule has 1 aromatic carbocycles. The molecular formula is C15H18N2O3. The Kier molecular flexibility index (Phi) is 4.08. The molecule has 0 saturated heterocycles. The van der Waals surface area contributed by atoms with Crippen molar-refractivity contribution in [1.29, 1.82) is 0 Å². The van der Waals surface area contributed by atoms with E-state index >= 15 is 0 Å². The van der Waals surface area contributed by atoms with Gasteiger partial charge in [-0.15, -0.1) is 0 Å². The van der Waals surface area contributed by atoms with Gasteiger partial charge < -0.3 is 9.47 Å². The van der Waals surface area contributed by atoms with Crippen molar-refractivity contribution in [3.05, 3.63) is 41.2 Å². The summed E-state index contributed by atoms with van der Waals surface area (Å²) in [5.41, 5.74) is 2.74. The molecule has 0 saturated carbocycles. The first kappa shape index (κ1) is 14.1. The van der Waals surface area contributed by atoms with Crippen molar-refractivity contribution in [2.24, 2.45) is 0 Å². The van der Waals surface area contributed by atoms with Gasteiger partial charge in [0.2, 0.25) is 0 Å². The molecule has 5 heteroatoms. The minimum absolute atomic E-state index is 0.0479. The third-order valence-electron chi connectivity index (χ3n) is 3.31. The molecule has 5 nitrogen and oxygen atoms in total. The lowest BCUT2D eigenvalue weighted by Crippen LogP contribution is -2.21. The molecule has 0 radical (unpaired) electrons. The second-order valence-electron chi connectivity index (χ2n) is 4.57. The van der Waals surface area contributed by atoms with Crippen LogP contribution in [0.2, 0.25) is 0 Å². The Hall–Kier alpha value is -2.30. The highest BCUT2D eigenvalue weighted by Gasteiger charge is 2.14. The Bertz CT molecular complexity index is 615. The van der Waals surface area contributed by atoms with Gasteiger partial charge in [-0.25, -0.2) is 4.68 Å². The van der Waals surface area contributed by atoms with E-state index in [-0.39, 0.29) is 12.5 Å². The van der Waals surface area contributed by atoms with Crippen LogP contribution in [0.3, 0.4) is 0 Å². The van der Waals surface area contributed by atoms with Gasteiger partial charge in [-0.05, 0) is 50.6 Å². The van der Waals surface area contributed by atoms with Crippen LogP contribution < -0.4 is 9.47 Å². The molecule has 1 aromatic heterocycles. The molecule has 2 rings (SSSR count). The quantitative estimate of drug-likeness (QED) is 0.859. The number of nitrogens with zero attached hydrogens (tertiary/aromatic N) is 2. The van der Waals surface area contributed by atoms with Crippen molar-refractivity contribution in [2.75, 3.05) is 13.7 Å². The van der Waals surface area contributed by atoms with E-state index in [0.29, 0.717) is 5.75 Å². The summed E-state index contributed by atoms with van der Waals surface area (Å²) in [5.74, 6) is 1.18. The fourth-order valence-electron chi connectivity index (χ4n) is 1.84. The SMILES string of the molecule is COc1ccc(OCC(=O)n2nc(C)c(C)c2C)cc1. The highest BCUT2D eigenvalue weighted by atomic mass is 16.5. The summed E-state index contributed by atoms with van der Waals surface area (Å²) in [5, 5.41) is 4.22. The number of carbonyl (C=O) groups excluding carboxylic acids is 1. The number of hydrogen-bond acceptors (Lipinski definition) is 4. The fourth-order valence-corrected chi connectivity index (χ4v) is 1.84. The summed E-state index contributed by atoms with van der Waals surface area (Å²) in [6.45, 7) is 5.66. The van der Waals surface area contributed by atoms with Gasteiger partial charge in [0.05, 0.1) is 12.8 Å². The van der Waals surface area contributed by atoms with E-state index in [1.807, 2.05) is 20.8 Å². The maximum atomic E-state index is 12.1. The van der Waals surface area contributed by atoms with Crippen molar-refractivity contribution < 1.29 is 14.3 Å². The number of benzene rings is 1. The van der Waals surface area contributed by atoms with Crippen LogP contribution in [-0.2, 0) is 0 Å². The first-order valence-corrected chi connectivity index (χ1v) is 6.36. The minimum Gasteiger partial charge on any atom is -0.497 e. The van der Waals surface area contributed by atoms with Gasteiger partial charge in [-0.2, -0.15) is 5.10 Å². The van der Waals surface area contributed by atoms with E-state index < -0.39 is 0 Å². The van der Waals surface area contributed by atoms with E-state index in [9.17, 15) is 4.79 Å². The largest absolute Gasteiger partial charge is 0.497 e. The van der Waals surface area contributed by atoms with Gasteiger partial charge >= 0.3 is 0 Å². The zero-order chi connectivity index (χ0) is 14.7.